The molecule has 0 radical (unpaired) electrons. The molecule has 0 bridgehead atoms. The summed E-state index contributed by atoms with van der Waals surface area (Å²) in [5, 5.41) is 2.91. The predicted molar refractivity (Wildman–Crippen MR) is 113 cm³/mol. The van der Waals surface area contributed by atoms with E-state index in [0.717, 1.165) is 22.5 Å². The largest absolute Gasteiger partial charge is 0.326 e. The van der Waals surface area contributed by atoms with Gasteiger partial charge in [-0.15, -0.1) is 11.8 Å². The standard InChI is InChI=1S/C22H26N2O2S/c1-15-6-5-7-18(12-15)24-20(26)14-27-21(24)16-8-10-17(11-9-16)23-19(25)13-22(2,3)4/h5-12,21H,13-14H2,1-4H3,(H,23,25). The van der Waals surface area contributed by atoms with E-state index in [1.807, 2.05) is 81.1 Å². The van der Waals surface area contributed by atoms with Crippen molar-refractivity contribution in [3.63, 3.8) is 0 Å². The second-order valence-corrected chi connectivity index (χ2v) is 9.24. The van der Waals surface area contributed by atoms with E-state index in [2.05, 4.69) is 5.32 Å². The first kappa shape index (κ1) is 19.5. The van der Waals surface area contributed by atoms with Crippen LogP contribution >= 0.6 is 11.8 Å². The minimum Gasteiger partial charge on any atom is -0.326 e. The lowest BCUT2D eigenvalue weighted by Gasteiger charge is -2.25. The zero-order valence-corrected chi connectivity index (χ0v) is 17.1. The van der Waals surface area contributed by atoms with Gasteiger partial charge in [0.05, 0.1) is 5.75 Å². The number of hydrogen-bond donors (Lipinski definition) is 1. The van der Waals surface area contributed by atoms with Gasteiger partial charge in [-0.05, 0) is 47.7 Å². The number of rotatable bonds is 4. The first-order valence-corrected chi connectivity index (χ1v) is 10.2. The van der Waals surface area contributed by atoms with Crippen LogP contribution in [0.2, 0.25) is 0 Å². The molecule has 1 aliphatic heterocycles. The Balaban J connectivity index is 1.76. The highest BCUT2D eigenvalue weighted by atomic mass is 32.2. The van der Waals surface area contributed by atoms with Gasteiger partial charge in [0, 0.05) is 17.8 Å². The molecule has 1 fully saturated rings. The average molecular weight is 383 g/mol. The molecule has 1 N–H and O–H groups in total. The smallest absolute Gasteiger partial charge is 0.238 e. The Bertz CT molecular complexity index is 840. The van der Waals surface area contributed by atoms with Gasteiger partial charge < -0.3 is 5.32 Å². The van der Waals surface area contributed by atoms with Crippen LogP contribution in [0.15, 0.2) is 48.5 Å². The molecule has 1 saturated heterocycles. The van der Waals surface area contributed by atoms with Gasteiger partial charge in [0.15, 0.2) is 0 Å². The second-order valence-electron chi connectivity index (χ2n) is 8.17. The number of nitrogens with zero attached hydrogens (tertiary/aromatic N) is 1. The van der Waals surface area contributed by atoms with Crippen LogP contribution in [-0.4, -0.2) is 17.6 Å². The molecule has 1 aliphatic rings. The van der Waals surface area contributed by atoms with E-state index in [9.17, 15) is 9.59 Å². The van der Waals surface area contributed by atoms with Crippen molar-refractivity contribution in [1.82, 2.24) is 0 Å². The first-order valence-electron chi connectivity index (χ1n) is 9.13. The molecule has 0 aliphatic carbocycles. The molecule has 1 heterocycles. The summed E-state index contributed by atoms with van der Waals surface area (Å²) in [6, 6.07) is 15.8. The third-order valence-corrected chi connectivity index (χ3v) is 5.53. The number of amides is 2. The zero-order valence-electron chi connectivity index (χ0n) is 16.3. The number of carbonyl (C=O) groups is 2. The summed E-state index contributed by atoms with van der Waals surface area (Å²) in [6.07, 6.45) is 0.475. The lowest BCUT2D eigenvalue weighted by Crippen LogP contribution is -2.27. The van der Waals surface area contributed by atoms with Crippen LogP contribution in [0.4, 0.5) is 11.4 Å². The van der Waals surface area contributed by atoms with Crippen molar-refractivity contribution in [2.45, 2.75) is 39.5 Å². The number of hydrogen-bond acceptors (Lipinski definition) is 3. The Morgan fingerprint density at radius 2 is 1.89 bits per heavy atom. The zero-order chi connectivity index (χ0) is 19.6. The fourth-order valence-electron chi connectivity index (χ4n) is 3.15. The Morgan fingerprint density at radius 3 is 2.52 bits per heavy atom. The predicted octanol–water partition coefficient (Wildman–Crippen LogP) is 5.15. The molecule has 142 valence electrons. The van der Waals surface area contributed by atoms with Crippen LogP contribution in [0, 0.1) is 12.3 Å². The van der Waals surface area contributed by atoms with E-state index in [-0.39, 0.29) is 22.6 Å². The van der Waals surface area contributed by atoms with Crippen molar-refractivity contribution in [2.75, 3.05) is 16.0 Å². The Kier molecular flexibility index (Phi) is 5.61. The summed E-state index contributed by atoms with van der Waals surface area (Å²) in [7, 11) is 0. The number of aryl methyl sites for hydroxylation is 1. The highest BCUT2D eigenvalue weighted by Gasteiger charge is 2.34. The van der Waals surface area contributed by atoms with Gasteiger partial charge >= 0.3 is 0 Å². The summed E-state index contributed by atoms with van der Waals surface area (Å²) < 4.78 is 0. The quantitative estimate of drug-likeness (QED) is 0.796. The molecule has 1 unspecified atom stereocenters. The molecule has 1 atom stereocenters. The molecule has 2 aromatic rings. The van der Waals surface area contributed by atoms with Gasteiger partial charge in [0.25, 0.3) is 0 Å². The molecular weight excluding hydrogens is 356 g/mol. The van der Waals surface area contributed by atoms with E-state index < -0.39 is 0 Å². The topological polar surface area (TPSA) is 49.4 Å². The fourth-order valence-corrected chi connectivity index (χ4v) is 4.32. The summed E-state index contributed by atoms with van der Waals surface area (Å²) in [4.78, 5) is 26.4. The summed E-state index contributed by atoms with van der Waals surface area (Å²) in [6.45, 7) is 8.17. The Labute approximate surface area is 165 Å². The highest BCUT2D eigenvalue weighted by Crippen LogP contribution is 2.42. The van der Waals surface area contributed by atoms with Crippen molar-refractivity contribution in [3.8, 4) is 0 Å². The molecule has 2 aromatic carbocycles. The Hall–Kier alpha value is -2.27. The van der Waals surface area contributed by atoms with Gasteiger partial charge in [-0.1, -0.05) is 45.0 Å². The van der Waals surface area contributed by atoms with Gasteiger partial charge in [0.1, 0.15) is 5.37 Å². The monoisotopic (exact) mass is 382 g/mol. The van der Waals surface area contributed by atoms with Crippen molar-refractivity contribution in [2.24, 2.45) is 5.41 Å². The molecule has 27 heavy (non-hydrogen) atoms. The highest BCUT2D eigenvalue weighted by molar-refractivity contribution is 8.00. The van der Waals surface area contributed by atoms with Crippen LogP contribution in [0.5, 0.6) is 0 Å². The molecule has 5 heteroatoms. The van der Waals surface area contributed by atoms with Crippen molar-refractivity contribution in [3.05, 3.63) is 59.7 Å². The van der Waals surface area contributed by atoms with Crippen molar-refractivity contribution >= 4 is 35.0 Å². The summed E-state index contributed by atoms with van der Waals surface area (Å²) in [5.74, 6) is 0.614. The third-order valence-electron chi connectivity index (χ3n) is 4.32. The molecule has 0 spiro atoms. The van der Waals surface area contributed by atoms with Crippen LogP contribution in [0.1, 0.15) is 43.7 Å². The lowest BCUT2D eigenvalue weighted by atomic mass is 9.92. The molecular formula is C22H26N2O2S. The normalized spacial score (nSPS) is 17.3. The third kappa shape index (κ3) is 4.92. The summed E-state index contributed by atoms with van der Waals surface area (Å²) >= 11 is 1.63. The fraction of sp³-hybridized carbons (Fsp3) is 0.364. The number of thioether (sulfide) groups is 1. The minimum absolute atomic E-state index is 0.0158. The number of anilines is 2. The van der Waals surface area contributed by atoms with Gasteiger partial charge in [0.2, 0.25) is 11.8 Å². The van der Waals surface area contributed by atoms with E-state index in [1.54, 1.807) is 11.8 Å². The second kappa shape index (κ2) is 7.77. The minimum atomic E-state index is -0.0429. The van der Waals surface area contributed by atoms with Crippen LogP contribution in [-0.2, 0) is 9.59 Å². The van der Waals surface area contributed by atoms with Crippen LogP contribution in [0.3, 0.4) is 0 Å². The molecule has 3 rings (SSSR count). The number of nitrogens with one attached hydrogen (secondary N) is 1. The molecule has 2 amide bonds. The SMILES string of the molecule is Cc1cccc(N2C(=O)CSC2c2ccc(NC(=O)CC(C)(C)C)cc2)c1. The summed E-state index contributed by atoms with van der Waals surface area (Å²) in [5.41, 5.74) is 3.86. The maximum absolute atomic E-state index is 12.5. The van der Waals surface area contributed by atoms with Gasteiger partial charge in [-0.3, -0.25) is 14.5 Å². The van der Waals surface area contributed by atoms with E-state index in [1.165, 1.54) is 0 Å². The van der Waals surface area contributed by atoms with Crippen LogP contribution in [0.25, 0.3) is 0 Å². The molecule has 4 nitrogen and oxygen atoms in total. The first-order chi connectivity index (χ1) is 12.7. The number of benzene rings is 2. The van der Waals surface area contributed by atoms with E-state index in [4.69, 9.17) is 0 Å². The maximum atomic E-state index is 12.5. The van der Waals surface area contributed by atoms with Crippen LogP contribution < -0.4 is 10.2 Å². The molecule has 0 saturated carbocycles. The molecule has 0 aromatic heterocycles. The average Bonchev–Trinajstić information content (AvgIpc) is 2.95. The number of carbonyl (C=O) groups excluding carboxylic acids is 2. The Morgan fingerprint density at radius 1 is 1.19 bits per heavy atom. The van der Waals surface area contributed by atoms with E-state index in [0.29, 0.717) is 12.2 Å². The maximum Gasteiger partial charge on any atom is 0.238 e. The van der Waals surface area contributed by atoms with Gasteiger partial charge in [-0.25, -0.2) is 0 Å². The van der Waals surface area contributed by atoms with E-state index >= 15 is 0 Å². The van der Waals surface area contributed by atoms with Gasteiger partial charge in [-0.2, -0.15) is 0 Å². The van der Waals surface area contributed by atoms with Crippen molar-refractivity contribution < 1.29 is 9.59 Å². The van der Waals surface area contributed by atoms with Crippen molar-refractivity contribution in [1.29, 1.82) is 0 Å². The lowest BCUT2D eigenvalue weighted by molar-refractivity contribution is -0.118.